The Morgan fingerprint density at radius 3 is 1.24 bits per heavy atom. The first-order valence-electron chi connectivity index (χ1n) is 16.0. The van der Waals surface area contributed by atoms with Crippen molar-refractivity contribution >= 4 is 85.4 Å². The quantitative estimate of drug-likeness (QED) is 0.127. The molecule has 0 N–H and O–H groups in total. The fourth-order valence-corrected chi connectivity index (χ4v) is 18.9. The summed E-state index contributed by atoms with van der Waals surface area (Å²) in [6.45, 7) is 9.54. The Morgan fingerprint density at radius 2 is 0.947 bits per heavy atom. The zero-order valence-electron chi connectivity index (χ0n) is 26.6. The van der Waals surface area contributed by atoms with Gasteiger partial charge in [0, 0.05) is 0 Å². The Morgan fingerprint density at radius 1 is 0.579 bits per heavy atom. The van der Waals surface area contributed by atoms with Crippen LogP contribution in [0.25, 0.3) is 20.2 Å². The van der Waals surface area contributed by atoms with Gasteiger partial charge in [0.05, 0.1) is 0 Å². The van der Waals surface area contributed by atoms with Crippen LogP contribution in [-0.4, -0.2) is 36.8 Å². The third-order valence-corrected chi connectivity index (χ3v) is 30.1. The van der Waals surface area contributed by atoms with Crippen LogP contribution in [0.5, 0.6) is 0 Å². The number of aryl methyl sites for hydroxylation is 2. The van der Waals surface area contributed by atoms with Crippen molar-refractivity contribution in [2.45, 2.75) is 134 Å². The zero-order valence-corrected chi connectivity index (χ0v) is 34.0. The van der Waals surface area contributed by atoms with E-state index in [9.17, 15) is 0 Å². The van der Waals surface area contributed by atoms with E-state index in [0.29, 0.717) is 0 Å². The molecule has 0 radical (unpaired) electrons. The van der Waals surface area contributed by atoms with Crippen LogP contribution in [0.1, 0.15) is 103 Å². The Labute approximate surface area is 252 Å². The van der Waals surface area contributed by atoms with Crippen LogP contribution < -0.4 is 5.79 Å². The molecule has 1 aromatic carbocycles. The van der Waals surface area contributed by atoms with Gasteiger partial charge in [0.15, 0.2) is 0 Å². The Kier molecular flexibility index (Phi) is 12.9. The number of hydrogen-bond acceptors (Lipinski definition) is 2. The normalized spacial score (nSPS) is 14.6. The van der Waals surface area contributed by atoms with Gasteiger partial charge in [-0.3, -0.25) is 0 Å². The van der Waals surface area contributed by atoms with Crippen molar-refractivity contribution in [1.29, 1.82) is 0 Å². The van der Waals surface area contributed by atoms with Gasteiger partial charge in [-0.1, -0.05) is 0 Å². The molecule has 2 aromatic heterocycles. The maximum atomic E-state index is 2.72. The number of benzene rings is 1. The molecule has 0 bridgehead atoms. The van der Waals surface area contributed by atoms with Crippen molar-refractivity contribution in [1.82, 2.24) is 0 Å². The molecule has 214 valence electrons. The van der Waals surface area contributed by atoms with Crippen molar-refractivity contribution in [3.8, 4) is 0 Å². The monoisotopic (exact) mass is 770 g/mol. The molecule has 0 amide bonds. The van der Waals surface area contributed by atoms with Crippen molar-refractivity contribution in [2.75, 3.05) is 0 Å². The summed E-state index contributed by atoms with van der Waals surface area (Å²) in [5.41, 5.74) is 3.47. The van der Waals surface area contributed by atoms with Gasteiger partial charge < -0.3 is 0 Å². The van der Waals surface area contributed by atoms with E-state index in [1.807, 2.05) is 0 Å². The summed E-state index contributed by atoms with van der Waals surface area (Å²) in [7, 11) is 0. The molecule has 2 unspecified atom stereocenters. The number of fused-ring (bicyclic) bond motifs is 2. The van der Waals surface area contributed by atoms with Gasteiger partial charge in [-0.15, -0.1) is 0 Å². The van der Waals surface area contributed by atoms with Crippen LogP contribution in [-0.2, 0) is 12.8 Å². The van der Waals surface area contributed by atoms with Crippen molar-refractivity contribution in [2.24, 2.45) is 11.8 Å². The van der Waals surface area contributed by atoms with E-state index < -0.39 is 36.8 Å². The van der Waals surface area contributed by atoms with E-state index in [0.717, 1.165) is 11.8 Å². The molecule has 2 heterocycles. The predicted molar refractivity (Wildman–Crippen MR) is 186 cm³/mol. The predicted octanol–water partition coefficient (Wildman–Crippen LogP) is 11.5. The molecule has 0 spiro atoms. The number of thiophene rings is 2. The standard InChI is InChI=1S/C28H40S2.6CH3.2Sn/c1-5-9-11-21(7-3)13-15-23-25-17-19-30-28(25)24(26-18-20-29-27(23)26)16-14-22(8-4)12-10-6-2;;;;;;;;/h17-18,21-22H,5-16H2,1-4H3;6*1H3;;. The Bertz CT molecular complexity index is 1010. The van der Waals surface area contributed by atoms with Gasteiger partial charge in [-0.05, 0) is 0 Å². The molecule has 3 rings (SSSR count). The third kappa shape index (κ3) is 8.40. The molecule has 0 aliphatic heterocycles. The van der Waals surface area contributed by atoms with E-state index >= 15 is 0 Å². The van der Waals surface area contributed by atoms with Gasteiger partial charge in [0.25, 0.3) is 0 Å². The van der Waals surface area contributed by atoms with Crippen LogP contribution in [0.15, 0.2) is 12.1 Å². The van der Waals surface area contributed by atoms with E-state index in [-0.39, 0.29) is 0 Å². The first kappa shape index (κ1) is 33.2. The summed E-state index contributed by atoms with van der Waals surface area (Å²) in [4.78, 5) is 15.7. The first-order chi connectivity index (χ1) is 17.9. The number of rotatable bonds is 16. The average Bonchev–Trinajstić information content (AvgIpc) is 3.50. The van der Waals surface area contributed by atoms with Crippen LogP contribution in [0.3, 0.4) is 0 Å². The number of hydrogen-bond donors (Lipinski definition) is 0. The molecule has 0 fully saturated rings. The SMILES string of the molecule is CCCCC(CC)CCc1c2c[c]([Sn]([CH3])([CH3])[CH3])sc2c(CCC(CC)CCCC)c2c[c]([Sn]([CH3])([CH3])[CH3])sc12. The molecule has 0 nitrogen and oxygen atoms in total. The summed E-state index contributed by atoms with van der Waals surface area (Å²) in [5, 5.41) is 3.34. The van der Waals surface area contributed by atoms with Gasteiger partial charge >= 0.3 is 255 Å². The Balaban J connectivity index is 2.18. The minimum absolute atomic E-state index is 0.879. The fourth-order valence-electron chi connectivity index (χ4n) is 5.95. The summed E-state index contributed by atoms with van der Waals surface area (Å²) in [6.07, 6.45) is 16.2. The summed E-state index contributed by atoms with van der Waals surface area (Å²) in [6, 6.07) is 5.44. The molecule has 38 heavy (non-hydrogen) atoms. The molecule has 0 saturated heterocycles. The van der Waals surface area contributed by atoms with Crippen molar-refractivity contribution < 1.29 is 0 Å². The molecule has 2 atom stereocenters. The van der Waals surface area contributed by atoms with Crippen LogP contribution in [0, 0.1) is 11.8 Å². The van der Waals surface area contributed by atoms with Gasteiger partial charge in [-0.2, -0.15) is 0 Å². The van der Waals surface area contributed by atoms with E-state index in [1.54, 1.807) is 37.1 Å². The van der Waals surface area contributed by atoms with Crippen LogP contribution >= 0.6 is 22.7 Å². The molecule has 0 saturated carbocycles. The summed E-state index contributed by atoms with van der Waals surface area (Å²) >= 11 is 0.107. The second kappa shape index (κ2) is 14.8. The molecule has 0 aliphatic rings. The topological polar surface area (TPSA) is 0 Å². The maximum absolute atomic E-state index is 2.72. The van der Waals surface area contributed by atoms with Crippen molar-refractivity contribution in [3.05, 3.63) is 23.3 Å². The third-order valence-electron chi connectivity index (χ3n) is 8.83. The van der Waals surface area contributed by atoms with Crippen LogP contribution in [0.2, 0.25) is 29.6 Å². The van der Waals surface area contributed by atoms with E-state index in [1.165, 1.54) is 77.0 Å². The molecule has 0 aliphatic carbocycles. The molecular formula is C34H58S2Sn2. The fraction of sp³-hybridized carbons (Fsp3) is 0.706. The van der Waals surface area contributed by atoms with E-state index in [2.05, 4.69) is 92.1 Å². The molecular weight excluding hydrogens is 710 g/mol. The summed E-state index contributed by atoms with van der Waals surface area (Å²) in [5.74, 6) is 1.76. The number of unbranched alkanes of at least 4 members (excludes halogenated alkanes) is 2. The van der Waals surface area contributed by atoms with Gasteiger partial charge in [0.1, 0.15) is 0 Å². The molecule has 3 aromatic rings. The van der Waals surface area contributed by atoms with Crippen molar-refractivity contribution in [3.63, 3.8) is 0 Å². The van der Waals surface area contributed by atoms with Crippen LogP contribution in [0.4, 0.5) is 0 Å². The summed E-state index contributed by atoms with van der Waals surface area (Å²) < 4.78 is 6.94. The average molecular weight is 768 g/mol. The zero-order chi connectivity index (χ0) is 28.1. The van der Waals surface area contributed by atoms with Gasteiger partial charge in [0.2, 0.25) is 0 Å². The second-order valence-corrected chi connectivity index (χ2v) is 47.0. The Hall–Kier alpha value is 0.737. The van der Waals surface area contributed by atoms with E-state index in [4.69, 9.17) is 0 Å². The second-order valence-electron chi connectivity index (χ2n) is 14.1. The molecule has 4 heteroatoms. The van der Waals surface area contributed by atoms with Gasteiger partial charge in [-0.25, -0.2) is 0 Å². The minimum atomic E-state index is -2.17. The first-order valence-corrected chi connectivity index (χ1v) is 37.6.